The molecule has 0 saturated heterocycles. The molecule has 2 atom stereocenters. The van der Waals surface area contributed by atoms with Crippen molar-refractivity contribution in [3.63, 3.8) is 0 Å². The van der Waals surface area contributed by atoms with Crippen molar-refractivity contribution in [2.24, 2.45) is 5.10 Å². The van der Waals surface area contributed by atoms with Crippen molar-refractivity contribution < 1.29 is 14.2 Å². The third-order valence-electron chi connectivity index (χ3n) is 5.28. The normalized spacial score (nSPS) is 19.8. The van der Waals surface area contributed by atoms with Crippen molar-refractivity contribution in [3.8, 4) is 17.2 Å². The Morgan fingerprint density at radius 2 is 2.00 bits per heavy atom. The van der Waals surface area contributed by atoms with Gasteiger partial charge >= 0.3 is 0 Å². The fourth-order valence-electron chi connectivity index (χ4n) is 3.95. The van der Waals surface area contributed by atoms with Gasteiger partial charge < -0.3 is 14.2 Å². The summed E-state index contributed by atoms with van der Waals surface area (Å²) in [6.07, 6.45) is 0.523. The molecule has 3 heterocycles. The molecule has 0 radical (unpaired) electrons. The number of ether oxygens (including phenoxy) is 3. The van der Waals surface area contributed by atoms with Crippen LogP contribution < -0.4 is 14.2 Å². The summed E-state index contributed by atoms with van der Waals surface area (Å²) in [5.74, 6) is 2.41. The molecule has 6 heteroatoms. The Bertz CT molecular complexity index is 1030. The van der Waals surface area contributed by atoms with Crippen molar-refractivity contribution in [2.75, 3.05) is 13.7 Å². The molecule has 0 N–H and O–H groups in total. The summed E-state index contributed by atoms with van der Waals surface area (Å²) in [4.78, 5) is 1.20. The van der Waals surface area contributed by atoms with Crippen LogP contribution in [0, 0.1) is 0 Å². The van der Waals surface area contributed by atoms with Crippen LogP contribution in [0.3, 0.4) is 0 Å². The molecule has 2 aliphatic rings. The second-order valence-electron chi connectivity index (χ2n) is 6.97. The number of hydrogen-bond acceptors (Lipinski definition) is 6. The van der Waals surface area contributed by atoms with Gasteiger partial charge in [-0.2, -0.15) is 5.10 Å². The number of benzene rings is 2. The first-order chi connectivity index (χ1) is 14.3. The Morgan fingerprint density at radius 3 is 2.72 bits per heavy atom. The topological polar surface area (TPSA) is 43.3 Å². The monoisotopic (exact) mass is 406 g/mol. The molecule has 5 nitrogen and oxygen atoms in total. The van der Waals surface area contributed by atoms with E-state index in [2.05, 4.69) is 28.6 Å². The first kappa shape index (κ1) is 18.1. The van der Waals surface area contributed by atoms with Crippen molar-refractivity contribution in [1.29, 1.82) is 0 Å². The Balaban J connectivity index is 1.57. The molecule has 2 unspecified atom stereocenters. The lowest BCUT2D eigenvalue weighted by atomic mass is 9.97. The fourth-order valence-corrected chi connectivity index (χ4v) is 4.67. The molecule has 5 rings (SSSR count). The highest BCUT2D eigenvalue weighted by Crippen LogP contribution is 2.50. The molecule has 148 valence electrons. The first-order valence-electron chi connectivity index (χ1n) is 9.74. The summed E-state index contributed by atoms with van der Waals surface area (Å²) in [7, 11) is 1.68. The lowest BCUT2D eigenvalue weighted by Gasteiger charge is -2.38. The SMILES string of the molecule is CCOc1ccc(C2Oc3c(OC)cccc3C3CC(c4cccs4)=NN32)cc1. The van der Waals surface area contributed by atoms with Gasteiger partial charge in [-0.3, -0.25) is 0 Å². The standard InChI is InChI=1S/C23H22N2O3S/c1-3-27-16-11-9-15(10-12-16)23-25-19(14-18(24-25)21-8-5-13-29-21)17-6-4-7-20(26-2)22(17)28-23/h4-13,19,23H,3,14H2,1-2H3. The van der Waals surface area contributed by atoms with Crippen LogP contribution in [0.4, 0.5) is 0 Å². The van der Waals surface area contributed by atoms with Crippen LogP contribution in [-0.4, -0.2) is 24.4 Å². The number of fused-ring (bicyclic) bond motifs is 3. The minimum atomic E-state index is -0.322. The van der Waals surface area contributed by atoms with E-state index in [1.807, 2.05) is 43.3 Å². The van der Waals surface area contributed by atoms with Gasteiger partial charge in [-0.1, -0.05) is 18.2 Å². The maximum absolute atomic E-state index is 6.48. The summed E-state index contributed by atoms with van der Waals surface area (Å²) < 4.78 is 17.7. The highest BCUT2D eigenvalue weighted by Gasteiger charge is 2.42. The van der Waals surface area contributed by atoms with Gasteiger partial charge in [0.05, 0.1) is 30.3 Å². The van der Waals surface area contributed by atoms with E-state index in [4.69, 9.17) is 19.3 Å². The van der Waals surface area contributed by atoms with E-state index in [1.54, 1.807) is 18.4 Å². The maximum Gasteiger partial charge on any atom is 0.214 e. The fraction of sp³-hybridized carbons (Fsp3) is 0.261. The van der Waals surface area contributed by atoms with E-state index >= 15 is 0 Å². The van der Waals surface area contributed by atoms with Crippen molar-refractivity contribution in [1.82, 2.24) is 5.01 Å². The Kier molecular flexibility index (Phi) is 4.64. The predicted octanol–water partition coefficient (Wildman–Crippen LogP) is 5.40. The minimum absolute atomic E-state index is 0.113. The van der Waals surface area contributed by atoms with Gasteiger partial charge in [-0.25, -0.2) is 5.01 Å². The van der Waals surface area contributed by atoms with Gasteiger partial charge in [0.1, 0.15) is 5.75 Å². The largest absolute Gasteiger partial charge is 0.494 e. The number of thiophene rings is 1. The molecule has 1 aromatic heterocycles. The molecule has 0 spiro atoms. The van der Waals surface area contributed by atoms with Crippen molar-refractivity contribution in [3.05, 3.63) is 76.0 Å². The lowest BCUT2D eigenvalue weighted by Crippen LogP contribution is -2.33. The van der Waals surface area contributed by atoms with Gasteiger partial charge in [-0.05, 0) is 48.7 Å². The average molecular weight is 407 g/mol. The van der Waals surface area contributed by atoms with Crippen LogP contribution >= 0.6 is 11.3 Å². The molecule has 0 aliphatic carbocycles. The van der Waals surface area contributed by atoms with Crippen LogP contribution in [0.15, 0.2) is 65.1 Å². The summed E-state index contributed by atoms with van der Waals surface area (Å²) in [6, 6.07) is 18.4. The number of rotatable bonds is 5. The Hall–Kier alpha value is -2.99. The van der Waals surface area contributed by atoms with Crippen LogP contribution in [0.25, 0.3) is 0 Å². The summed E-state index contributed by atoms with van der Waals surface area (Å²) in [5, 5.41) is 9.17. The predicted molar refractivity (Wildman–Crippen MR) is 114 cm³/mol. The zero-order valence-electron chi connectivity index (χ0n) is 16.4. The van der Waals surface area contributed by atoms with Gasteiger partial charge in [0.15, 0.2) is 11.5 Å². The Labute approximate surface area is 174 Å². The molecule has 0 bridgehead atoms. The van der Waals surface area contributed by atoms with E-state index in [9.17, 15) is 0 Å². The maximum atomic E-state index is 6.48. The van der Waals surface area contributed by atoms with E-state index in [1.165, 1.54) is 4.88 Å². The van der Waals surface area contributed by atoms with E-state index < -0.39 is 0 Å². The van der Waals surface area contributed by atoms with E-state index in [0.29, 0.717) is 6.61 Å². The van der Waals surface area contributed by atoms with Crippen LogP contribution in [-0.2, 0) is 0 Å². The molecule has 2 aliphatic heterocycles. The number of hydrogen-bond donors (Lipinski definition) is 0. The average Bonchev–Trinajstić information content (AvgIpc) is 3.43. The van der Waals surface area contributed by atoms with Crippen molar-refractivity contribution in [2.45, 2.75) is 25.6 Å². The van der Waals surface area contributed by atoms with Crippen LogP contribution in [0.5, 0.6) is 17.2 Å². The zero-order chi connectivity index (χ0) is 19.8. The molecule has 2 aromatic carbocycles. The smallest absolute Gasteiger partial charge is 0.214 e. The number of nitrogens with zero attached hydrogens (tertiary/aromatic N) is 2. The Morgan fingerprint density at radius 1 is 1.14 bits per heavy atom. The third kappa shape index (κ3) is 3.13. The summed E-state index contributed by atoms with van der Waals surface area (Å²) in [5.41, 5.74) is 3.24. The number of methoxy groups -OCH3 is 1. The van der Waals surface area contributed by atoms with Gasteiger partial charge in [-0.15, -0.1) is 11.3 Å². The molecular formula is C23H22N2O3S. The van der Waals surface area contributed by atoms with E-state index in [0.717, 1.165) is 40.5 Å². The number of para-hydroxylation sites is 1. The molecule has 29 heavy (non-hydrogen) atoms. The molecular weight excluding hydrogens is 384 g/mol. The van der Waals surface area contributed by atoms with Gasteiger partial charge in [0.25, 0.3) is 0 Å². The molecule has 0 amide bonds. The highest BCUT2D eigenvalue weighted by molar-refractivity contribution is 7.12. The van der Waals surface area contributed by atoms with Crippen LogP contribution in [0.1, 0.15) is 41.6 Å². The highest BCUT2D eigenvalue weighted by atomic mass is 32.1. The molecule has 0 fully saturated rings. The second kappa shape index (κ2) is 7.44. The van der Waals surface area contributed by atoms with E-state index in [-0.39, 0.29) is 12.3 Å². The molecule has 3 aromatic rings. The lowest BCUT2D eigenvalue weighted by molar-refractivity contribution is -0.0209. The minimum Gasteiger partial charge on any atom is -0.494 e. The number of hydrazone groups is 1. The first-order valence-corrected chi connectivity index (χ1v) is 10.6. The summed E-state index contributed by atoms with van der Waals surface area (Å²) >= 11 is 1.72. The van der Waals surface area contributed by atoms with Gasteiger partial charge in [0, 0.05) is 17.5 Å². The summed E-state index contributed by atoms with van der Waals surface area (Å²) in [6.45, 7) is 2.63. The third-order valence-corrected chi connectivity index (χ3v) is 6.20. The zero-order valence-corrected chi connectivity index (χ0v) is 17.2. The van der Waals surface area contributed by atoms with Gasteiger partial charge in [0.2, 0.25) is 6.23 Å². The quantitative estimate of drug-likeness (QED) is 0.569. The van der Waals surface area contributed by atoms with Crippen LogP contribution in [0.2, 0.25) is 0 Å². The second-order valence-corrected chi connectivity index (χ2v) is 7.92. The van der Waals surface area contributed by atoms with Crippen molar-refractivity contribution >= 4 is 17.0 Å². The molecule has 0 saturated carbocycles.